The van der Waals surface area contributed by atoms with Crippen molar-refractivity contribution in [2.24, 2.45) is 5.92 Å². The summed E-state index contributed by atoms with van der Waals surface area (Å²) >= 11 is 0. The number of hydrogen-bond donors (Lipinski definition) is 2. The number of ether oxygens (including phenoxy) is 1. The number of piperidine rings is 1. The van der Waals surface area contributed by atoms with Gasteiger partial charge in [-0.15, -0.1) is 0 Å². The monoisotopic (exact) mass is 275 g/mol. The Morgan fingerprint density at radius 2 is 2.05 bits per heavy atom. The van der Waals surface area contributed by atoms with Gasteiger partial charge >= 0.3 is 0 Å². The molecule has 6 heteroatoms. The highest BCUT2D eigenvalue weighted by Gasteiger charge is 2.49. The van der Waals surface area contributed by atoms with Gasteiger partial charge in [0.1, 0.15) is 11.7 Å². The molecule has 3 unspecified atom stereocenters. The molecular formula is C14H17N3O3. The second kappa shape index (κ2) is 5.32. The van der Waals surface area contributed by atoms with Crippen molar-refractivity contribution < 1.29 is 14.3 Å². The number of hydrazine groups is 1. The molecule has 0 saturated carbocycles. The van der Waals surface area contributed by atoms with E-state index in [9.17, 15) is 9.59 Å². The molecule has 106 valence electrons. The number of nitrogens with one attached hydrogen (secondary N) is 2. The van der Waals surface area contributed by atoms with Gasteiger partial charge in [-0.05, 0) is 12.1 Å². The van der Waals surface area contributed by atoms with Crippen LogP contribution in [0.2, 0.25) is 0 Å². The average molecular weight is 275 g/mol. The van der Waals surface area contributed by atoms with Crippen LogP contribution in [0.4, 0.5) is 5.69 Å². The SMILES string of the molecule is COCC1CC(=O)C2C(=O)N(c3ccccc3)NC2N1. The van der Waals surface area contributed by atoms with Crippen molar-refractivity contribution in [3.05, 3.63) is 30.3 Å². The third kappa shape index (κ3) is 2.22. The summed E-state index contributed by atoms with van der Waals surface area (Å²) in [6, 6.07) is 9.21. The van der Waals surface area contributed by atoms with Crippen LogP contribution < -0.4 is 15.8 Å². The van der Waals surface area contributed by atoms with Crippen molar-refractivity contribution in [1.82, 2.24) is 10.7 Å². The zero-order valence-electron chi connectivity index (χ0n) is 11.2. The maximum atomic E-state index is 12.4. The van der Waals surface area contributed by atoms with E-state index in [1.807, 2.05) is 30.3 Å². The molecule has 2 heterocycles. The first-order chi connectivity index (χ1) is 9.70. The molecule has 2 aliphatic heterocycles. The summed E-state index contributed by atoms with van der Waals surface area (Å²) in [4.78, 5) is 24.6. The van der Waals surface area contributed by atoms with E-state index in [-0.39, 0.29) is 23.9 Å². The number of benzene rings is 1. The standard InChI is InChI=1S/C14H17N3O3/c1-20-8-9-7-11(18)12-13(15-9)16-17(14(12)19)10-5-3-2-4-6-10/h2-6,9,12-13,15-16H,7-8H2,1H3. The van der Waals surface area contributed by atoms with Gasteiger partial charge < -0.3 is 4.74 Å². The summed E-state index contributed by atoms with van der Waals surface area (Å²) in [5.41, 5.74) is 3.81. The van der Waals surface area contributed by atoms with Gasteiger partial charge in [0.25, 0.3) is 5.91 Å². The number of rotatable bonds is 3. The van der Waals surface area contributed by atoms with E-state index in [1.165, 1.54) is 5.01 Å². The predicted molar refractivity (Wildman–Crippen MR) is 72.8 cm³/mol. The molecule has 1 amide bonds. The Labute approximate surface area is 117 Å². The smallest absolute Gasteiger partial charge is 0.255 e. The van der Waals surface area contributed by atoms with Crippen molar-refractivity contribution >= 4 is 17.4 Å². The molecule has 0 radical (unpaired) electrons. The van der Waals surface area contributed by atoms with Gasteiger partial charge in [-0.1, -0.05) is 18.2 Å². The fourth-order valence-corrected chi connectivity index (χ4v) is 2.79. The summed E-state index contributed by atoms with van der Waals surface area (Å²) in [5.74, 6) is -0.885. The number of anilines is 1. The lowest BCUT2D eigenvalue weighted by Gasteiger charge is -2.29. The highest BCUT2D eigenvalue weighted by atomic mass is 16.5. The number of carbonyl (C=O) groups is 2. The summed E-state index contributed by atoms with van der Waals surface area (Å²) in [5, 5.41) is 4.71. The van der Waals surface area contributed by atoms with Gasteiger partial charge in [0.05, 0.1) is 18.5 Å². The van der Waals surface area contributed by atoms with Crippen LogP contribution in [-0.2, 0) is 14.3 Å². The highest BCUT2D eigenvalue weighted by molar-refractivity contribution is 6.11. The van der Waals surface area contributed by atoms with Crippen molar-refractivity contribution in [1.29, 1.82) is 0 Å². The second-order valence-electron chi connectivity index (χ2n) is 5.08. The highest BCUT2D eigenvalue weighted by Crippen LogP contribution is 2.26. The summed E-state index contributed by atoms with van der Waals surface area (Å²) in [7, 11) is 1.60. The molecule has 0 aromatic heterocycles. The third-order valence-electron chi connectivity index (χ3n) is 3.68. The maximum absolute atomic E-state index is 12.4. The lowest BCUT2D eigenvalue weighted by molar-refractivity contribution is -0.133. The third-order valence-corrected chi connectivity index (χ3v) is 3.68. The number of ketones is 1. The van der Waals surface area contributed by atoms with Crippen molar-refractivity contribution in [2.45, 2.75) is 18.6 Å². The maximum Gasteiger partial charge on any atom is 0.255 e. The van der Waals surface area contributed by atoms with Gasteiger partial charge in [-0.2, -0.15) is 0 Å². The minimum atomic E-state index is -0.650. The van der Waals surface area contributed by atoms with Crippen LogP contribution in [-0.4, -0.2) is 37.6 Å². The number of carbonyl (C=O) groups excluding carboxylic acids is 2. The molecule has 0 spiro atoms. The van der Waals surface area contributed by atoms with Crippen LogP contribution in [0.15, 0.2) is 30.3 Å². The predicted octanol–water partition coefficient (Wildman–Crippen LogP) is 0.0575. The molecule has 2 N–H and O–H groups in total. The topological polar surface area (TPSA) is 70.7 Å². The lowest BCUT2D eigenvalue weighted by atomic mass is 9.91. The number of methoxy groups -OCH3 is 1. The Morgan fingerprint density at radius 1 is 1.30 bits per heavy atom. The number of Topliss-reactive ketones (excluding diaryl/α,β-unsaturated/α-hetero) is 1. The molecule has 0 aliphatic carbocycles. The Morgan fingerprint density at radius 3 is 2.75 bits per heavy atom. The van der Waals surface area contributed by atoms with E-state index >= 15 is 0 Å². The van der Waals surface area contributed by atoms with Crippen LogP contribution in [0.3, 0.4) is 0 Å². The molecule has 2 aliphatic rings. The largest absolute Gasteiger partial charge is 0.383 e. The molecular weight excluding hydrogens is 258 g/mol. The number of nitrogens with zero attached hydrogens (tertiary/aromatic N) is 1. The Bertz CT molecular complexity index is 520. The first-order valence-electron chi connectivity index (χ1n) is 6.63. The molecule has 1 aromatic carbocycles. The minimum Gasteiger partial charge on any atom is -0.383 e. The van der Waals surface area contributed by atoms with Gasteiger partial charge in [0.2, 0.25) is 0 Å². The van der Waals surface area contributed by atoms with E-state index in [0.29, 0.717) is 13.0 Å². The van der Waals surface area contributed by atoms with E-state index in [1.54, 1.807) is 7.11 Å². The van der Waals surface area contributed by atoms with Crippen LogP contribution in [0.1, 0.15) is 6.42 Å². The molecule has 1 aromatic rings. The van der Waals surface area contributed by atoms with Crippen molar-refractivity contribution in [3.63, 3.8) is 0 Å². The summed E-state index contributed by atoms with van der Waals surface area (Å²) < 4.78 is 5.08. The van der Waals surface area contributed by atoms with Crippen molar-refractivity contribution in [2.75, 3.05) is 18.7 Å². The summed E-state index contributed by atoms with van der Waals surface area (Å²) in [6.07, 6.45) is -0.0328. The van der Waals surface area contributed by atoms with Gasteiger partial charge in [0.15, 0.2) is 0 Å². The van der Waals surface area contributed by atoms with Crippen LogP contribution >= 0.6 is 0 Å². The van der Waals surface area contributed by atoms with Crippen LogP contribution in [0, 0.1) is 5.92 Å². The zero-order valence-corrected chi connectivity index (χ0v) is 11.2. The molecule has 2 saturated heterocycles. The minimum absolute atomic E-state index is 0.0354. The van der Waals surface area contributed by atoms with Crippen molar-refractivity contribution in [3.8, 4) is 0 Å². The van der Waals surface area contributed by atoms with Gasteiger partial charge in [-0.25, -0.2) is 10.4 Å². The normalized spacial score (nSPS) is 29.6. The van der Waals surface area contributed by atoms with Gasteiger partial charge in [-0.3, -0.25) is 14.9 Å². The van der Waals surface area contributed by atoms with Gasteiger partial charge in [0, 0.05) is 19.6 Å². The van der Waals surface area contributed by atoms with E-state index in [0.717, 1.165) is 5.69 Å². The molecule has 2 fully saturated rings. The van der Waals surface area contributed by atoms with E-state index in [4.69, 9.17) is 4.74 Å². The zero-order chi connectivity index (χ0) is 14.1. The fourth-order valence-electron chi connectivity index (χ4n) is 2.79. The average Bonchev–Trinajstić information content (AvgIpc) is 2.78. The second-order valence-corrected chi connectivity index (χ2v) is 5.08. The summed E-state index contributed by atoms with van der Waals surface area (Å²) in [6.45, 7) is 0.455. The Balaban J connectivity index is 1.81. The molecule has 20 heavy (non-hydrogen) atoms. The molecule has 0 bridgehead atoms. The Hall–Kier alpha value is -1.76. The number of hydrogen-bond acceptors (Lipinski definition) is 5. The number of para-hydroxylation sites is 1. The van der Waals surface area contributed by atoms with Crippen LogP contribution in [0.5, 0.6) is 0 Å². The molecule has 3 rings (SSSR count). The molecule has 3 atom stereocenters. The quantitative estimate of drug-likeness (QED) is 0.763. The first-order valence-corrected chi connectivity index (χ1v) is 6.63. The lowest BCUT2D eigenvalue weighted by Crippen LogP contribution is -2.57. The first kappa shape index (κ1) is 13.2. The van der Waals surface area contributed by atoms with E-state index < -0.39 is 5.92 Å². The number of amides is 1. The van der Waals surface area contributed by atoms with E-state index in [2.05, 4.69) is 10.7 Å². The van der Waals surface area contributed by atoms with Crippen LogP contribution in [0.25, 0.3) is 0 Å². The Kier molecular flexibility index (Phi) is 3.52. The molecule has 6 nitrogen and oxygen atoms in total. The number of fused-ring (bicyclic) bond motifs is 1. The fraction of sp³-hybridized carbons (Fsp3) is 0.429.